The van der Waals surface area contributed by atoms with Gasteiger partial charge in [0, 0.05) is 6.42 Å². The molecule has 2 rings (SSSR count). The highest BCUT2D eigenvalue weighted by molar-refractivity contribution is 5.76. The van der Waals surface area contributed by atoms with Crippen molar-refractivity contribution in [2.45, 2.75) is 306 Å². The van der Waals surface area contributed by atoms with Crippen LogP contribution in [-0.2, 0) is 23.7 Å². The molecule has 9 N–H and O–H groups in total. The summed E-state index contributed by atoms with van der Waals surface area (Å²) in [6, 6.07) is -0.955. The molecule has 80 heavy (non-hydrogen) atoms. The second-order valence-electron chi connectivity index (χ2n) is 22.1. The van der Waals surface area contributed by atoms with Crippen LogP contribution >= 0.6 is 0 Å². The number of unbranched alkanes of at least 4 members (excludes halogenated alkanes) is 25. The van der Waals surface area contributed by atoms with E-state index in [4.69, 9.17) is 18.9 Å². The van der Waals surface area contributed by atoms with Gasteiger partial charge in [-0.15, -0.1) is 0 Å². The van der Waals surface area contributed by atoms with Crippen molar-refractivity contribution in [2.24, 2.45) is 0 Å². The van der Waals surface area contributed by atoms with Gasteiger partial charge in [-0.1, -0.05) is 234 Å². The number of allylic oxidation sites excluding steroid dienone is 13. The molecule has 12 unspecified atom stereocenters. The van der Waals surface area contributed by atoms with E-state index in [2.05, 4.69) is 92.1 Å². The maximum atomic E-state index is 13.3. The van der Waals surface area contributed by atoms with E-state index < -0.39 is 86.8 Å². The highest BCUT2D eigenvalue weighted by Crippen LogP contribution is 2.30. The Hall–Kier alpha value is -2.83. The number of amides is 1. The summed E-state index contributed by atoms with van der Waals surface area (Å²) in [5, 5.41) is 87.2. The molecule has 0 saturated carbocycles. The van der Waals surface area contributed by atoms with Crippen molar-refractivity contribution in [3.8, 4) is 0 Å². The normalized spacial score (nSPS) is 24.8. The SMILES string of the molecule is CC/C=C\C/C=C\C/C=C\C/C=C\C/C=C\CCCCCC(=O)NC(COC1OC(CO)C(OC2OC(CO)C(O)C(O)C2O)C(O)C1O)C(O)/C=C/CC/C=C/CCCCCCCCCCCCCCCCCCCCCCC. The molecule has 2 aliphatic heterocycles. The molecule has 0 bridgehead atoms. The third kappa shape index (κ3) is 35.3. The molecule has 0 aromatic heterocycles. The number of nitrogens with one attached hydrogen (secondary N) is 1. The molecule has 2 saturated heterocycles. The molecule has 1 amide bonds. The maximum absolute atomic E-state index is 13.3. The fraction of sp³-hybridized carbons (Fsp3) is 0.773. The van der Waals surface area contributed by atoms with Gasteiger partial charge in [0.25, 0.3) is 0 Å². The summed E-state index contributed by atoms with van der Waals surface area (Å²) in [6.45, 7) is 2.65. The summed E-state index contributed by atoms with van der Waals surface area (Å²) >= 11 is 0. The van der Waals surface area contributed by atoms with E-state index in [9.17, 15) is 45.6 Å². The lowest BCUT2D eigenvalue weighted by molar-refractivity contribution is -0.359. The number of carbonyl (C=O) groups excluding carboxylic acids is 1. The van der Waals surface area contributed by atoms with Crippen LogP contribution in [0.2, 0.25) is 0 Å². The highest BCUT2D eigenvalue weighted by Gasteiger charge is 2.51. The molecule has 12 atom stereocenters. The Labute approximate surface area is 484 Å². The Morgan fingerprint density at radius 3 is 1.38 bits per heavy atom. The Bertz CT molecular complexity index is 1660. The Morgan fingerprint density at radius 2 is 0.875 bits per heavy atom. The molecule has 0 spiro atoms. The lowest BCUT2D eigenvalue weighted by Crippen LogP contribution is -2.65. The number of aliphatic hydroxyl groups is 8. The van der Waals surface area contributed by atoms with Crippen molar-refractivity contribution in [1.29, 1.82) is 0 Å². The fourth-order valence-corrected chi connectivity index (χ4v) is 9.98. The quantitative estimate of drug-likeness (QED) is 0.0204. The third-order valence-corrected chi connectivity index (χ3v) is 15.1. The van der Waals surface area contributed by atoms with Gasteiger partial charge < -0.3 is 65.1 Å². The predicted octanol–water partition coefficient (Wildman–Crippen LogP) is 11.7. The summed E-state index contributed by atoms with van der Waals surface area (Å²) in [7, 11) is 0. The van der Waals surface area contributed by atoms with Crippen LogP contribution in [-0.4, -0.2) is 140 Å². The first-order valence-electron chi connectivity index (χ1n) is 31.8. The van der Waals surface area contributed by atoms with Gasteiger partial charge >= 0.3 is 0 Å². The minimum Gasteiger partial charge on any atom is -0.394 e. The lowest BCUT2D eigenvalue weighted by atomic mass is 9.97. The van der Waals surface area contributed by atoms with Gasteiger partial charge in [0.1, 0.15) is 48.8 Å². The summed E-state index contributed by atoms with van der Waals surface area (Å²) in [6.07, 6.45) is 52.1. The second kappa shape index (κ2) is 50.7. The van der Waals surface area contributed by atoms with Crippen LogP contribution in [0.3, 0.4) is 0 Å². The Kier molecular flexibility index (Phi) is 46.4. The summed E-state index contributed by atoms with van der Waals surface area (Å²) in [5.41, 5.74) is 0. The molecular weight excluding hydrogens is 1010 g/mol. The Morgan fingerprint density at radius 1 is 0.463 bits per heavy atom. The van der Waals surface area contributed by atoms with Crippen LogP contribution < -0.4 is 5.32 Å². The number of carbonyl (C=O) groups is 1. The molecule has 0 aromatic rings. The molecular formula is C66H115NO13. The van der Waals surface area contributed by atoms with Crippen molar-refractivity contribution < 1.29 is 64.6 Å². The molecule has 14 heteroatoms. The van der Waals surface area contributed by atoms with Crippen molar-refractivity contribution in [2.75, 3.05) is 19.8 Å². The van der Waals surface area contributed by atoms with E-state index in [1.165, 1.54) is 135 Å². The van der Waals surface area contributed by atoms with Crippen LogP contribution in [0.1, 0.15) is 232 Å². The van der Waals surface area contributed by atoms with Crippen molar-refractivity contribution in [3.63, 3.8) is 0 Å². The first-order chi connectivity index (χ1) is 39.1. The minimum atomic E-state index is -1.80. The standard InChI is InChI=1S/C66H115NO13/c1-3-5-7-9-11-13-15-17-19-21-23-24-25-26-27-28-29-30-32-33-35-37-39-41-43-45-47-49-55(70)54(67-58(71)50-48-46-44-42-40-38-36-34-31-22-20-18-16-14-12-10-8-6-4-2)53-77-65-63(76)61(74)64(57(52-69)79-65)80-66-62(75)60(73)59(72)56(51-68)78-66/h6,8,12,14,18,20,31,34,38-41,47,49,54-57,59-66,68-70,72-76H,3-5,7,9-11,13,15-17,19,21-30,32-33,35-37,42-46,48,50-53H2,1-2H3,(H,67,71)/b8-6-,14-12-,20-18-,34-31-,40-38-,41-39+,49-47+. The summed E-state index contributed by atoms with van der Waals surface area (Å²) in [4.78, 5) is 13.3. The van der Waals surface area contributed by atoms with Gasteiger partial charge in [0.15, 0.2) is 12.6 Å². The van der Waals surface area contributed by atoms with Gasteiger partial charge in [-0.2, -0.15) is 0 Å². The number of aliphatic hydroxyl groups excluding tert-OH is 8. The number of ether oxygens (including phenoxy) is 4. The fourth-order valence-electron chi connectivity index (χ4n) is 9.98. The van der Waals surface area contributed by atoms with E-state index in [1.807, 2.05) is 6.08 Å². The van der Waals surface area contributed by atoms with Gasteiger partial charge in [-0.05, 0) is 77.0 Å². The van der Waals surface area contributed by atoms with Gasteiger partial charge in [0.2, 0.25) is 5.91 Å². The zero-order chi connectivity index (χ0) is 58.1. The first-order valence-corrected chi connectivity index (χ1v) is 31.8. The largest absolute Gasteiger partial charge is 0.394 e. The van der Waals surface area contributed by atoms with Crippen molar-refractivity contribution >= 4 is 5.91 Å². The minimum absolute atomic E-state index is 0.230. The van der Waals surface area contributed by atoms with Crippen molar-refractivity contribution in [3.05, 3.63) is 85.1 Å². The molecule has 14 nitrogen and oxygen atoms in total. The van der Waals surface area contributed by atoms with Crippen molar-refractivity contribution in [1.82, 2.24) is 5.32 Å². The van der Waals surface area contributed by atoms with Gasteiger partial charge in [-0.3, -0.25) is 4.79 Å². The van der Waals surface area contributed by atoms with Crippen LogP contribution in [0.25, 0.3) is 0 Å². The summed E-state index contributed by atoms with van der Waals surface area (Å²) in [5.74, 6) is -0.282. The average Bonchev–Trinajstić information content (AvgIpc) is 3.48. The molecule has 462 valence electrons. The van der Waals surface area contributed by atoms with E-state index in [-0.39, 0.29) is 18.9 Å². The second-order valence-corrected chi connectivity index (χ2v) is 22.1. The average molecular weight is 1130 g/mol. The smallest absolute Gasteiger partial charge is 0.220 e. The topological polar surface area (TPSA) is 228 Å². The van der Waals surface area contributed by atoms with E-state index >= 15 is 0 Å². The number of hydrogen-bond donors (Lipinski definition) is 9. The predicted molar refractivity (Wildman–Crippen MR) is 323 cm³/mol. The number of rotatable bonds is 50. The first kappa shape index (κ1) is 73.3. The molecule has 0 radical (unpaired) electrons. The van der Waals surface area contributed by atoms with E-state index in [1.54, 1.807) is 6.08 Å². The van der Waals surface area contributed by atoms with E-state index in [0.29, 0.717) is 12.8 Å². The van der Waals surface area contributed by atoms with Gasteiger partial charge in [-0.25, -0.2) is 0 Å². The van der Waals surface area contributed by atoms with Crippen LogP contribution in [0, 0.1) is 0 Å². The molecule has 0 aliphatic carbocycles. The molecule has 2 aliphatic rings. The zero-order valence-corrected chi connectivity index (χ0v) is 49.8. The number of hydrogen-bond acceptors (Lipinski definition) is 13. The molecule has 2 fully saturated rings. The molecule has 2 heterocycles. The highest BCUT2D eigenvalue weighted by atomic mass is 16.7. The lowest BCUT2D eigenvalue weighted by Gasteiger charge is -2.46. The molecule has 0 aromatic carbocycles. The maximum Gasteiger partial charge on any atom is 0.220 e. The van der Waals surface area contributed by atoms with Gasteiger partial charge in [0.05, 0.1) is 32.0 Å². The van der Waals surface area contributed by atoms with Crippen LogP contribution in [0.15, 0.2) is 85.1 Å². The monoisotopic (exact) mass is 1130 g/mol. The summed E-state index contributed by atoms with van der Waals surface area (Å²) < 4.78 is 22.8. The zero-order valence-electron chi connectivity index (χ0n) is 49.8. The Balaban J connectivity index is 1.76. The third-order valence-electron chi connectivity index (χ3n) is 15.1. The van der Waals surface area contributed by atoms with Crippen LogP contribution in [0.4, 0.5) is 0 Å². The van der Waals surface area contributed by atoms with E-state index in [0.717, 1.165) is 64.2 Å². The van der Waals surface area contributed by atoms with Crippen LogP contribution in [0.5, 0.6) is 0 Å².